The minimum Gasteiger partial charge on any atom is -0.378 e. The number of hydrogen-bond acceptors (Lipinski definition) is 1. The Morgan fingerprint density at radius 3 is 2.56 bits per heavy atom. The Bertz CT molecular complexity index is 566. The molecule has 0 heterocycles. The van der Waals surface area contributed by atoms with Crippen LogP contribution in [0.3, 0.4) is 0 Å². The molecule has 18 heavy (non-hydrogen) atoms. The fourth-order valence-corrected chi connectivity index (χ4v) is 2.05. The van der Waals surface area contributed by atoms with E-state index in [1.807, 2.05) is 36.4 Å². The molecule has 1 unspecified atom stereocenters. The molecular weight excluding hydrogens is 286 g/mol. The molecule has 1 atom stereocenters. The summed E-state index contributed by atoms with van der Waals surface area (Å²) >= 11 is 3.44. The molecule has 0 saturated carbocycles. The van der Waals surface area contributed by atoms with Crippen LogP contribution in [-0.2, 0) is 0 Å². The van der Waals surface area contributed by atoms with Gasteiger partial charge in [0.05, 0.1) is 0 Å². The molecular formula is C16H14BrN. The molecule has 0 aliphatic carbocycles. The molecule has 2 aromatic rings. The molecule has 0 bridgehead atoms. The van der Waals surface area contributed by atoms with Crippen LogP contribution < -0.4 is 5.32 Å². The lowest BCUT2D eigenvalue weighted by Gasteiger charge is -2.16. The van der Waals surface area contributed by atoms with Gasteiger partial charge in [0.2, 0.25) is 0 Å². The highest BCUT2D eigenvalue weighted by Crippen LogP contribution is 2.21. The zero-order valence-electron chi connectivity index (χ0n) is 10.2. The molecule has 0 radical (unpaired) electrons. The number of nitrogens with one attached hydrogen (secondary N) is 1. The van der Waals surface area contributed by atoms with Gasteiger partial charge in [0, 0.05) is 21.8 Å². The van der Waals surface area contributed by atoms with Gasteiger partial charge in [-0.3, -0.25) is 0 Å². The van der Waals surface area contributed by atoms with Gasteiger partial charge in [-0.1, -0.05) is 40.0 Å². The van der Waals surface area contributed by atoms with Crippen molar-refractivity contribution in [2.45, 2.75) is 13.0 Å². The molecule has 1 N–H and O–H groups in total. The predicted molar refractivity (Wildman–Crippen MR) is 80.6 cm³/mol. The number of hydrogen-bond donors (Lipinski definition) is 1. The van der Waals surface area contributed by atoms with Gasteiger partial charge in [-0.2, -0.15) is 0 Å². The van der Waals surface area contributed by atoms with Gasteiger partial charge in [0.1, 0.15) is 0 Å². The molecule has 90 valence electrons. The Morgan fingerprint density at radius 2 is 1.89 bits per heavy atom. The van der Waals surface area contributed by atoms with Crippen molar-refractivity contribution >= 4 is 21.6 Å². The van der Waals surface area contributed by atoms with Crippen molar-refractivity contribution < 1.29 is 0 Å². The van der Waals surface area contributed by atoms with Gasteiger partial charge in [-0.05, 0) is 42.8 Å². The Labute approximate surface area is 116 Å². The number of benzene rings is 2. The highest BCUT2D eigenvalue weighted by molar-refractivity contribution is 9.10. The molecule has 0 saturated heterocycles. The summed E-state index contributed by atoms with van der Waals surface area (Å²) < 4.78 is 1.09. The first-order chi connectivity index (χ1) is 8.69. The van der Waals surface area contributed by atoms with Crippen molar-refractivity contribution in [2.75, 3.05) is 5.32 Å². The van der Waals surface area contributed by atoms with Gasteiger partial charge in [0.15, 0.2) is 0 Å². The van der Waals surface area contributed by atoms with Gasteiger partial charge in [0.25, 0.3) is 0 Å². The molecule has 0 aliphatic heterocycles. The quantitative estimate of drug-likeness (QED) is 0.817. The van der Waals surface area contributed by atoms with Crippen LogP contribution in [0.5, 0.6) is 0 Å². The standard InChI is InChI=1S/C16H14BrN/c1-3-13-5-4-6-16(11-13)18-12(2)14-7-9-15(17)10-8-14/h1,4-12,18H,2H3. The maximum Gasteiger partial charge on any atom is 0.0485 e. The average molecular weight is 300 g/mol. The van der Waals surface area contributed by atoms with E-state index in [4.69, 9.17) is 6.42 Å². The second kappa shape index (κ2) is 5.75. The highest BCUT2D eigenvalue weighted by Gasteiger charge is 2.05. The third-order valence-electron chi connectivity index (χ3n) is 2.78. The largest absolute Gasteiger partial charge is 0.378 e. The van der Waals surface area contributed by atoms with E-state index in [1.165, 1.54) is 5.56 Å². The van der Waals surface area contributed by atoms with Crippen LogP contribution in [0.25, 0.3) is 0 Å². The number of terminal acetylenes is 1. The number of rotatable bonds is 3. The molecule has 2 aromatic carbocycles. The van der Waals surface area contributed by atoms with Crippen LogP contribution in [0.4, 0.5) is 5.69 Å². The van der Waals surface area contributed by atoms with Crippen molar-refractivity contribution in [1.29, 1.82) is 0 Å². The van der Waals surface area contributed by atoms with Crippen molar-refractivity contribution in [3.05, 3.63) is 64.1 Å². The highest BCUT2D eigenvalue weighted by atomic mass is 79.9. The summed E-state index contributed by atoms with van der Waals surface area (Å²) in [5, 5.41) is 3.44. The monoisotopic (exact) mass is 299 g/mol. The molecule has 1 nitrogen and oxygen atoms in total. The molecule has 2 rings (SSSR count). The molecule has 0 aromatic heterocycles. The summed E-state index contributed by atoms with van der Waals surface area (Å²) in [7, 11) is 0. The summed E-state index contributed by atoms with van der Waals surface area (Å²) in [4.78, 5) is 0. The zero-order valence-corrected chi connectivity index (χ0v) is 11.7. The lowest BCUT2D eigenvalue weighted by atomic mass is 10.1. The van der Waals surface area contributed by atoms with E-state index in [1.54, 1.807) is 0 Å². The topological polar surface area (TPSA) is 12.0 Å². The minimum atomic E-state index is 0.242. The Kier molecular flexibility index (Phi) is 4.07. The van der Waals surface area contributed by atoms with E-state index < -0.39 is 0 Å². The molecule has 0 amide bonds. The van der Waals surface area contributed by atoms with E-state index in [2.05, 4.69) is 46.2 Å². The summed E-state index contributed by atoms with van der Waals surface area (Å²) in [6.07, 6.45) is 5.39. The fraction of sp³-hybridized carbons (Fsp3) is 0.125. The summed E-state index contributed by atoms with van der Waals surface area (Å²) in [5.41, 5.74) is 3.17. The van der Waals surface area contributed by atoms with Crippen molar-refractivity contribution in [3.8, 4) is 12.3 Å². The van der Waals surface area contributed by atoms with Crippen LogP contribution >= 0.6 is 15.9 Å². The third-order valence-corrected chi connectivity index (χ3v) is 3.31. The summed E-state index contributed by atoms with van der Waals surface area (Å²) in [6, 6.07) is 16.4. The zero-order chi connectivity index (χ0) is 13.0. The second-order valence-corrected chi connectivity index (χ2v) is 5.06. The fourth-order valence-electron chi connectivity index (χ4n) is 1.78. The Morgan fingerprint density at radius 1 is 1.17 bits per heavy atom. The molecule has 0 aliphatic rings. The molecule has 2 heteroatoms. The maximum absolute atomic E-state index is 5.39. The number of halogens is 1. The van der Waals surface area contributed by atoms with Crippen LogP contribution in [0.15, 0.2) is 53.0 Å². The van der Waals surface area contributed by atoms with E-state index in [-0.39, 0.29) is 6.04 Å². The summed E-state index contributed by atoms with van der Waals surface area (Å²) in [6.45, 7) is 2.13. The van der Waals surface area contributed by atoms with E-state index in [0.717, 1.165) is 15.7 Å². The minimum absolute atomic E-state index is 0.242. The number of anilines is 1. The SMILES string of the molecule is C#Cc1cccc(NC(C)c2ccc(Br)cc2)c1. The van der Waals surface area contributed by atoms with E-state index in [0.29, 0.717) is 0 Å². The van der Waals surface area contributed by atoms with Gasteiger partial charge >= 0.3 is 0 Å². The molecule has 0 fully saturated rings. The van der Waals surface area contributed by atoms with Crippen molar-refractivity contribution in [3.63, 3.8) is 0 Å². The average Bonchev–Trinajstić information content (AvgIpc) is 2.39. The Balaban J connectivity index is 2.13. The Hall–Kier alpha value is -1.72. The lowest BCUT2D eigenvalue weighted by molar-refractivity contribution is 0.884. The van der Waals surface area contributed by atoms with Crippen LogP contribution in [0.1, 0.15) is 24.1 Å². The van der Waals surface area contributed by atoms with Crippen LogP contribution in [0, 0.1) is 12.3 Å². The smallest absolute Gasteiger partial charge is 0.0485 e. The van der Waals surface area contributed by atoms with Crippen LogP contribution in [-0.4, -0.2) is 0 Å². The van der Waals surface area contributed by atoms with Crippen molar-refractivity contribution in [1.82, 2.24) is 0 Å². The van der Waals surface area contributed by atoms with Crippen LogP contribution in [0.2, 0.25) is 0 Å². The lowest BCUT2D eigenvalue weighted by Crippen LogP contribution is -2.06. The van der Waals surface area contributed by atoms with Crippen molar-refractivity contribution in [2.24, 2.45) is 0 Å². The van der Waals surface area contributed by atoms with E-state index >= 15 is 0 Å². The van der Waals surface area contributed by atoms with Gasteiger partial charge < -0.3 is 5.32 Å². The van der Waals surface area contributed by atoms with Gasteiger partial charge in [-0.25, -0.2) is 0 Å². The molecule has 0 spiro atoms. The second-order valence-electron chi connectivity index (χ2n) is 4.14. The predicted octanol–water partition coefficient (Wildman–Crippen LogP) is 4.60. The van der Waals surface area contributed by atoms with E-state index in [9.17, 15) is 0 Å². The first-order valence-corrected chi connectivity index (χ1v) is 6.57. The van der Waals surface area contributed by atoms with Gasteiger partial charge in [-0.15, -0.1) is 6.42 Å². The third kappa shape index (κ3) is 3.15. The first-order valence-electron chi connectivity index (χ1n) is 5.78. The first kappa shape index (κ1) is 12.7. The maximum atomic E-state index is 5.39. The normalized spacial score (nSPS) is 11.6. The summed E-state index contributed by atoms with van der Waals surface area (Å²) in [5.74, 6) is 2.64.